The van der Waals surface area contributed by atoms with Crippen molar-refractivity contribution in [2.75, 3.05) is 20.1 Å². The Hall–Kier alpha value is -1.44. The van der Waals surface area contributed by atoms with Crippen molar-refractivity contribution in [2.24, 2.45) is 4.99 Å². The molecule has 0 amide bonds. The Kier molecular flexibility index (Phi) is 4.08. The van der Waals surface area contributed by atoms with Crippen LogP contribution in [0.25, 0.3) is 0 Å². The molecule has 1 saturated heterocycles. The van der Waals surface area contributed by atoms with Crippen molar-refractivity contribution in [2.45, 2.75) is 25.3 Å². The summed E-state index contributed by atoms with van der Waals surface area (Å²) in [6.07, 6.45) is 4.05. The van der Waals surface area contributed by atoms with Crippen molar-refractivity contribution in [1.82, 2.24) is 4.90 Å². The highest BCUT2D eigenvalue weighted by Crippen LogP contribution is 2.27. The van der Waals surface area contributed by atoms with Crippen LogP contribution < -0.4 is 0 Å². The van der Waals surface area contributed by atoms with E-state index in [-0.39, 0.29) is 0 Å². The van der Waals surface area contributed by atoms with Crippen LogP contribution in [0, 0.1) is 0 Å². The average molecular weight is 230 g/mol. The molecule has 0 spiro atoms. The first-order valence-electron chi connectivity index (χ1n) is 6.10. The molecule has 1 heterocycles. The van der Waals surface area contributed by atoms with Gasteiger partial charge in [-0.25, -0.2) is 9.79 Å². The molecule has 0 N–H and O–H groups in total. The lowest BCUT2D eigenvalue weighted by Gasteiger charge is -2.29. The second-order valence-corrected chi connectivity index (χ2v) is 4.73. The van der Waals surface area contributed by atoms with E-state index >= 15 is 0 Å². The molecule has 3 nitrogen and oxygen atoms in total. The van der Waals surface area contributed by atoms with E-state index in [1.165, 1.54) is 31.5 Å². The smallest absolute Gasteiger partial charge is 0.235 e. The summed E-state index contributed by atoms with van der Waals surface area (Å²) in [6, 6.07) is 8.47. The van der Waals surface area contributed by atoms with Crippen LogP contribution in [0.4, 0.5) is 0 Å². The van der Waals surface area contributed by atoms with Gasteiger partial charge in [0, 0.05) is 0 Å². The lowest BCUT2D eigenvalue weighted by molar-refractivity contribution is 0.255. The van der Waals surface area contributed by atoms with Crippen molar-refractivity contribution >= 4 is 6.08 Å². The molecule has 90 valence electrons. The molecule has 0 atom stereocenters. The molecule has 0 aliphatic carbocycles. The summed E-state index contributed by atoms with van der Waals surface area (Å²) in [6.45, 7) is 2.81. The van der Waals surface area contributed by atoms with Gasteiger partial charge in [0.25, 0.3) is 0 Å². The summed E-state index contributed by atoms with van der Waals surface area (Å²) in [5.41, 5.74) is 2.49. The van der Waals surface area contributed by atoms with E-state index in [0.29, 0.717) is 12.5 Å². The number of hydrogen-bond acceptors (Lipinski definition) is 3. The maximum Gasteiger partial charge on any atom is 0.235 e. The van der Waals surface area contributed by atoms with Crippen LogP contribution in [0.15, 0.2) is 29.3 Å². The van der Waals surface area contributed by atoms with Crippen LogP contribution in [0.5, 0.6) is 0 Å². The zero-order valence-corrected chi connectivity index (χ0v) is 10.2. The first-order valence-corrected chi connectivity index (χ1v) is 6.10. The van der Waals surface area contributed by atoms with E-state index in [9.17, 15) is 4.79 Å². The Balaban J connectivity index is 2.00. The summed E-state index contributed by atoms with van der Waals surface area (Å²) in [4.78, 5) is 16.0. The number of hydrogen-bond donors (Lipinski definition) is 0. The molecule has 3 heteroatoms. The van der Waals surface area contributed by atoms with Gasteiger partial charge in [0.1, 0.15) is 0 Å². The minimum absolute atomic E-state index is 0.442. The molecule has 1 aliphatic rings. The lowest BCUT2D eigenvalue weighted by Crippen LogP contribution is -2.29. The second kappa shape index (κ2) is 5.76. The summed E-state index contributed by atoms with van der Waals surface area (Å²) in [7, 11) is 2.18. The summed E-state index contributed by atoms with van der Waals surface area (Å²) in [5, 5.41) is 0. The van der Waals surface area contributed by atoms with Crippen molar-refractivity contribution in [3.63, 3.8) is 0 Å². The predicted molar refractivity (Wildman–Crippen MR) is 67.7 cm³/mol. The van der Waals surface area contributed by atoms with Gasteiger partial charge < -0.3 is 4.90 Å². The van der Waals surface area contributed by atoms with Gasteiger partial charge in [-0.15, -0.1) is 0 Å². The highest BCUT2D eigenvalue weighted by atomic mass is 16.1. The van der Waals surface area contributed by atoms with E-state index in [4.69, 9.17) is 0 Å². The summed E-state index contributed by atoms with van der Waals surface area (Å²) in [5.74, 6) is 0.690. The van der Waals surface area contributed by atoms with Crippen LogP contribution >= 0.6 is 0 Å². The van der Waals surface area contributed by atoms with Crippen LogP contribution in [0.2, 0.25) is 0 Å². The first-order chi connectivity index (χ1) is 8.29. The molecule has 1 aromatic rings. The number of likely N-dealkylation sites (tertiary alicyclic amines) is 1. The zero-order chi connectivity index (χ0) is 12.1. The standard InChI is InChI=1S/C14H18N2O/c1-16-8-6-14(7-9-16)13-4-2-12(3-5-13)10-15-11-17/h2-5,14H,6-10H2,1H3. The Labute approximate surface area is 102 Å². The van der Waals surface area contributed by atoms with Crippen LogP contribution in [0.3, 0.4) is 0 Å². The molecule has 0 bridgehead atoms. The zero-order valence-electron chi connectivity index (χ0n) is 10.2. The largest absolute Gasteiger partial charge is 0.306 e. The Morgan fingerprint density at radius 1 is 1.29 bits per heavy atom. The Bertz CT molecular complexity index is 399. The molecule has 1 aliphatic heterocycles. The molecular formula is C14H18N2O. The van der Waals surface area contributed by atoms with E-state index in [1.807, 2.05) is 0 Å². The number of carbonyl (C=O) groups excluding carboxylic acids is 1. The SMILES string of the molecule is CN1CCC(c2ccc(CN=C=O)cc2)CC1. The predicted octanol–water partition coefficient (Wildman–Crippen LogP) is 2.33. The number of piperidine rings is 1. The average Bonchev–Trinajstić information content (AvgIpc) is 2.38. The fraction of sp³-hybridized carbons (Fsp3) is 0.500. The van der Waals surface area contributed by atoms with Crippen molar-refractivity contribution in [3.05, 3.63) is 35.4 Å². The third kappa shape index (κ3) is 3.26. The topological polar surface area (TPSA) is 32.7 Å². The van der Waals surface area contributed by atoms with Crippen LogP contribution in [0.1, 0.15) is 29.9 Å². The highest BCUT2D eigenvalue weighted by Gasteiger charge is 2.17. The number of benzene rings is 1. The first kappa shape index (κ1) is 12.0. The van der Waals surface area contributed by atoms with Gasteiger partial charge in [0.15, 0.2) is 0 Å². The molecule has 0 unspecified atom stereocenters. The van der Waals surface area contributed by atoms with Gasteiger partial charge in [-0.2, -0.15) is 0 Å². The Morgan fingerprint density at radius 2 is 1.94 bits per heavy atom. The van der Waals surface area contributed by atoms with Gasteiger partial charge in [-0.1, -0.05) is 24.3 Å². The monoisotopic (exact) mass is 230 g/mol. The third-order valence-electron chi connectivity index (χ3n) is 3.50. The molecule has 2 rings (SSSR count). The molecule has 0 radical (unpaired) electrons. The van der Waals surface area contributed by atoms with Gasteiger partial charge in [0.05, 0.1) is 6.54 Å². The van der Waals surface area contributed by atoms with Crippen LogP contribution in [-0.4, -0.2) is 31.1 Å². The lowest BCUT2D eigenvalue weighted by atomic mass is 9.89. The minimum atomic E-state index is 0.442. The van der Waals surface area contributed by atoms with E-state index in [0.717, 1.165) is 5.56 Å². The fourth-order valence-electron chi connectivity index (χ4n) is 2.36. The van der Waals surface area contributed by atoms with Gasteiger partial charge in [-0.3, -0.25) is 0 Å². The summed E-state index contributed by atoms with van der Waals surface area (Å²) < 4.78 is 0. The maximum absolute atomic E-state index is 10.0. The molecule has 0 aromatic heterocycles. The normalized spacial score (nSPS) is 17.7. The molecule has 1 aromatic carbocycles. The van der Waals surface area contributed by atoms with Gasteiger partial charge in [-0.05, 0) is 50.0 Å². The second-order valence-electron chi connectivity index (χ2n) is 4.73. The minimum Gasteiger partial charge on any atom is -0.306 e. The van der Waals surface area contributed by atoms with E-state index in [1.54, 1.807) is 6.08 Å². The number of nitrogens with zero attached hydrogens (tertiary/aromatic N) is 2. The summed E-state index contributed by atoms with van der Waals surface area (Å²) >= 11 is 0. The van der Waals surface area contributed by atoms with Crippen LogP contribution in [-0.2, 0) is 11.3 Å². The highest BCUT2D eigenvalue weighted by molar-refractivity contribution is 5.34. The molecule has 0 saturated carbocycles. The van der Waals surface area contributed by atoms with Gasteiger partial charge in [0.2, 0.25) is 6.08 Å². The van der Waals surface area contributed by atoms with E-state index < -0.39 is 0 Å². The van der Waals surface area contributed by atoms with Gasteiger partial charge >= 0.3 is 0 Å². The maximum atomic E-state index is 10.0. The van der Waals surface area contributed by atoms with Crippen molar-refractivity contribution in [3.8, 4) is 0 Å². The molecular weight excluding hydrogens is 212 g/mol. The quantitative estimate of drug-likeness (QED) is 0.589. The van der Waals surface area contributed by atoms with Crippen molar-refractivity contribution < 1.29 is 4.79 Å². The number of isocyanates is 1. The number of aliphatic imine (C=N–C) groups is 1. The molecule has 17 heavy (non-hydrogen) atoms. The fourth-order valence-corrected chi connectivity index (χ4v) is 2.36. The van der Waals surface area contributed by atoms with Crippen molar-refractivity contribution in [1.29, 1.82) is 0 Å². The number of rotatable bonds is 3. The third-order valence-corrected chi connectivity index (χ3v) is 3.50. The van der Waals surface area contributed by atoms with E-state index in [2.05, 4.69) is 41.2 Å². The Morgan fingerprint density at radius 3 is 2.53 bits per heavy atom. The molecule has 1 fully saturated rings.